The van der Waals surface area contributed by atoms with E-state index in [4.69, 9.17) is 0 Å². The van der Waals surface area contributed by atoms with Gasteiger partial charge in [-0.25, -0.2) is 8.42 Å². The first-order valence-electron chi connectivity index (χ1n) is 3.06. The highest BCUT2D eigenvalue weighted by Gasteiger charge is 2.08. The standard InChI is InChI=1S/C6H6F4O2S/c7-5(8)1-3-13(11,12)4-2-6(9)10/h1-2H,3-4H2. The molecule has 0 rings (SSSR count). The summed E-state index contributed by atoms with van der Waals surface area (Å²) in [5, 5.41) is 0. The van der Waals surface area contributed by atoms with Crippen LogP contribution in [0.1, 0.15) is 0 Å². The molecule has 0 radical (unpaired) electrons. The van der Waals surface area contributed by atoms with E-state index in [1.165, 1.54) is 0 Å². The Hall–Kier alpha value is -0.850. The van der Waals surface area contributed by atoms with Gasteiger partial charge in [0.2, 0.25) is 0 Å². The molecule has 0 aromatic heterocycles. The molecule has 0 aliphatic rings. The molecular weight excluding hydrogens is 212 g/mol. The normalized spacial score (nSPS) is 10.8. The number of sulfone groups is 1. The first-order chi connectivity index (χ1) is 5.83. The lowest BCUT2D eigenvalue weighted by atomic mass is 10.7. The molecule has 76 valence electrons. The highest BCUT2D eigenvalue weighted by Crippen LogP contribution is 2.02. The summed E-state index contributed by atoms with van der Waals surface area (Å²) < 4.78 is 67.0. The predicted molar refractivity (Wildman–Crippen MR) is 39.3 cm³/mol. The molecule has 13 heavy (non-hydrogen) atoms. The molecule has 0 heterocycles. The number of hydrogen-bond acceptors (Lipinski definition) is 2. The largest absolute Gasteiger partial charge is 0.267 e. The second-order valence-corrected chi connectivity index (χ2v) is 4.22. The van der Waals surface area contributed by atoms with Gasteiger partial charge < -0.3 is 0 Å². The van der Waals surface area contributed by atoms with Gasteiger partial charge in [-0.3, -0.25) is 0 Å². The summed E-state index contributed by atoms with van der Waals surface area (Å²) in [7, 11) is -3.88. The van der Waals surface area contributed by atoms with Crippen LogP contribution in [0.25, 0.3) is 0 Å². The third-order valence-electron chi connectivity index (χ3n) is 0.983. The maximum Gasteiger partial charge on any atom is 0.267 e. The Bertz CT molecular complexity index is 284. The zero-order valence-electron chi connectivity index (χ0n) is 6.31. The van der Waals surface area contributed by atoms with Crippen molar-refractivity contribution in [1.29, 1.82) is 0 Å². The average molecular weight is 218 g/mol. The van der Waals surface area contributed by atoms with Gasteiger partial charge >= 0.3 is 0 Å². The van der Waals surface area contributed by atoms with Gasteiger partial charge in [-0.15, -0.1) is 0 Å². The fraction of sp³-hybridized carbons (Fsp3) is 0.333. The van der Waals surface area contributed by atoms with Gasteiger partial charge in [-0.2, -0.15) is 17.6 Å². The summed E-state index contributed by atoms with van der Waals surface area (Å²) in [5.41, 5.74) is 0. The van der Waals surface area contributed by atoms with Gasteiger partial charge in [0.1, 0.15) is 0 Å². The molecule has 0 aliphatic heterocycles. The Balaban J connectivity index is 4.27. The summed E-state index contributed by atoms with van der Waals surface area (Å²) in [4.78, 5) is 0. The van der Waals surface area contributed by atoms with Crippen LogP contribution in [0.5, 0.6) is 0 Å². The third-order valence-corrected chi connectivity index (χ3v) is 2.33. The topological polar surface area (TPSA) is 34.1 Å². The molecule has 0 aromatic rings. The molecule has 2 nitrogen and oxygen atoms in total. The van der Waals surface area contributed by atoms with E-state index >= 15 is 0 Å². The van der Waals surface area contributed by atoms with Gasteiger partial charge in [-0.05, 0) is 12.2 Å². The van der Waals surface area contributed by atoms with Crippen molar-refractivity contribution >= 4 is 9.84 Å². The van der Waals surface area contributed by atoms with Crippen LogP contribution in [-0.4, -0.2) is 19.9 Å². The lowest BCUT2D eigenvalue weighted by Gasteiger charge is -1.93. The molecule has 0 saturated carbocycles. The Kier molecular flexibility index (Phi) is 4.68. The van der Waals surface area contributed by atoms with Gasteiger partial charge in [0.25, 0.3) is 12.2 Å². The maximum atomic E-state index is 11.4. The van der Waals surface area contributed by atoms with E-state index in [1.54, 1.807) is 0 Å². The molecule has 0 saturated heterocycles. The number of rotatable bonds is 4. The summed E-state index contributed by atoms with van der Waals surface area (Å²) in [6, 6.07) is 0. The monoisotopic (exact) mass is 218 g/mol. The quantitative estimate of drug-likeness (QED) is 0.676. The Morgan fingerprint density at radius 3 is 1.46 bits per heavy atom. The van der Waals surface area contributed by atoms with Crippen molar-refractivity contribution in [3.8, 4) is 0 Å². The van der Waals surface area contributed by atoms with Crippen molar-refractivity contribution in [2.45, 2.75) is 0 Å². The lowest BCUT2D eigenvalue weighted by Crippen LogP contribution is -2.07. The fourth-order valence-electron chi connectivity index (χ4n) is 0.448. The maximum absolute atomic E-state index is 11.4. The lowest BCUT2D eigenvalue weighted by molar-refractivity contribution is 0.420. The van der Waals surface area contributed by atoms with Crippen molar-refractivity contribution in [3.05, 3.63) is 24.3 Å². The van der Waals surface area contributed by atoms with Crippen LogP contribution in [-0.2, 0) is 9.84 Å². The van der Waals surface area contributed by atoms with Crippen molar-refractivity contribution in [2.75, 3.05) is 11.5 Å². The van der Waals surface area contributed by atoms with Crippen LogP contribution < -0.4 is 0 Å². The summed E-state index contributed by atoms with van der Waals surface area (Å²) in [6.45, 7) is 0. The molecule has 0 N–H and O–H groups in total. The van der Waals surface area contributed by atoms with Crippen LogP contribution in [0.3, 0.4) is 0 Å². The molecule has 0 aromatic carbocycles. The van der Waals surface area contributed by atoms with E-state index in [2.05, 4.69) is 0 Å². The van der Waals surface area contributed by atoms with E-state index in [1.807, 2.05) is 0 Å². The molecular formula is C6H6F4O2S. The van der Waals surface area contributed by atoms with E-state index in [0.29, 0.717) is 0 Å². The highest BCUT2D eigenvalue weighted by atomic mass is 32.2. The van der Waals surface area contributed by atoms with Crippen LogP contribution in [0.15, 0.2) is 24.3 Å². The summed E-state index contributed by atoms with van der Waals surface area (Å²) in [5.74, 6) is -1.86. The average Bonchev–Trinajstić information content (AvgIpc) is 1.98. The molecule has 0 fully saturated rings. The molecule has 0 unspecified atom stereocenters. The number of hydrogen-bond donors (Lipinski definition) is 0. The number of halogens is 4. The van der Waals surface area contributed by atoms with E-state index in [-0.39, 0.29) is 12.2 Å². The SMILES string of the molecule is O=S(=O)(CC=C(F)F)CC=C(F)F. The zero-order chi connectivity index (χ0) is 10.5. The fourth-order valence-corrected chi connectivity index (χ4v) is 1.34. The first kappa shape index (κ1) is 12.2. The molecule has 0 amide bonds. The first-order valence-corrected chi connectivity index (χ1v) is 4.88. The minimum Gasteiger partial charge on any atom is -0.228 e. The summed E-state index contributed by atoms with van der Waals surface area (Å²) in [6.07, 6.45) is -3.96. The Morgan fingerprint density at radius 2 is 1.23 bits per heavy atom. The second-order valence-electron chi connectivity index (χ2n) is 2.06. The van der Waals surface area contributed by atoms with Crippen LogP contribution in [0, 0.1) is 0 Å². The smallest absolute Gasteiger partial charge is 0.228 e. The molecule has 7 heteroatoms. The minimum atomic E-state index is -3.88. The molecule has 0 atom stereocenters. The second kappa shape index (κ2) is 5.00. The predicted octanol–water partition coefficient (Wildman–Crippen LogP) is 1.96. The van der Waals surface area contributed by atoms with Crippen molar-refractivity contribution in [3.63, 3.8) is 0 Å². The Labute approximate surface area is 72.5 Å². The Morgan fingerprint density at radius 1 is 0.923 bits per heavy atom. The molecule has 0 spiro atoms. The van der Waals surface area contributed by atoms with Crippen LogP contribution >= 0.6 is 0 Å². The van der Waals surface area contributed by atoms with Gasteiger partial charge in [0, 0.05) is 0 Å². The van der Waals surface area contributed by atoms with E-state index in [0.717, 1.165) is 0 Å². The third kappa shape index (κ3) is 7.51. The van der Waals surface area contributed by atoms with Crippen molar-refractivity contribution < 1.29 is 26.0 Å². The molecule has 0 bridgehead atoms. The van der Waals surface area contributed by atoms with E-state index in [9.17, 15) is 26.0 Å². The van der Waals surface area contributed by atoms with Crippen molar-refractivity contribution in [2.24, 2.45) is 0 Å². The van der Waals surface area contributed by atoms with E-state index < -0.39 is 33.5 Å². The zero-order valence-corrected chi connectivity index (χ0v) is 7.12. The van der Waals surface area contributed by atoms with Crippen molar-refractivity contribution in [1.82, 2.24) is 0 Å². The van der Waals surface area contributed by atoms with Gasteiger partial charge in [-0.1, -0.05) is 0 Å². The minimum absolute atomic E-state index is 0.166. The molecule has 0 aliphatic carbocycles. The van der Waals surface area contributed by atoms with Crippen LogP contribution in [0.4, 0.5) is 17.6 Å². The van der Waals surface area contributed by atoms with Gasteiger partial charge in [0.15, 0.2) is 9.84 Å². The summed E-state index contributed by atoms with van der Waals surface area (Å²) >= 11 is 0. The van der Waals surface area contributed by atoms with Gasteiger partial charge in [0.05, 0.1) is 11.5 Å². The highest BCUT2D eigenvalue weighted by molar-refractivity contribution is 7.91. The van der Waals surface area contributed by atoms with Crippen LogP contribution in [0.2, 0.25) is 0 Å².